The van der Waals surface area contributed by atoms with Gasteiger partial charge >= 0.3 is 0 Å². The third-order valence-corrected chi connectivity index (χ3v) is 3.72. The van der Waals surface area contributed by atoms with Crippen molar-refractivity contribution in [3.05, 3.63) is 67.5 Å². The molecule has 0 N–H and O–H groups in total. The van der Waals surface area contributed by atoms with Crippen molar-refractivity contribution in [2.75, 3.05) is 0 Å². The van der Waals surface area contributed by atoms with Crippen molar-refractivity contribution < 1.29 is 9.18 Å². The van der Waals surface area contributed by atoms with Crippen molar-refractivity contribution in [2.24, 2.45) is 0 Å². The molecule has 0 saturated heterocycles. The maximum atomic E-state index is 13.5. The summed E-state index contributed by atoms with van der Waals surface area (Å²) < 4.78 is 15.4. The van der Waals surface area contributed by atoms with E-state index in [-0.39, 0.29) is 17.8 Å². The van der Waals surface area contributed by atoms with Gasteiger partial charge in [-0.1, -0.05) is 28.1 Å². The molecular formula is C14H9BrFIO. The third kappa shape index (κ3) is 3.38. The number of ketones is 1. The Morgan fingerprint density at radius 3 is 2.50 bits per heavy atom. The first-order valence-corrected chi connectivity index (χ1v) is 7.16. The molecule has 0 heterocycles. The van der Waals surface area contributed by atoms with Gasteiger partial charge in [-0.3, -0.25) is 4.79 Å². The highest BCUT2D eigenvalue weighted by molar-refractivity contribution is 14.1. The molecule has 2 aromatic carbocycles. The summed E-state index contributed by atoms with van der Waals surface area (Å²) in [7, 11) is 0. The molecule has 2 aromatic rings. The normalized spacial score (nSPS) is 10.4. The van der Waals surface area contributed by atoms with E-state index in [0.29, 0.717) is 4.47 Å². The van der Waals surface area contributed by atoms with Crippen molar-refractivity contribution in [3.63, 3.8) is 0 Å². The van der Waals surface area contributed by atoms with Crippen LogP contribution < -0.4 is 0 Å². The van der Waals surface area contributed by atoms with E-state index < -0.39 is 5.82 Å². The Kier molecular flexibility index (Phi) is 4.50. The smallest absolute Gasteiger partial charge is 0.170 e. The van der Waals surface area contributed by atoms with Crippen molar-refractivity contribution in [1.82, 2.24) is 0 Å². The number of Topliss-reactive ketones (excluding diaryl/α,β-unsaturated/α-hetero) is 1. The van der Waals surface area contributed by atoms with Gasteiger partial charge in [0.1, 0.15) is 5.82 Å². The molecule has 0 unspecified atom stereocenters. The Balaban J connectivity index is 2.21. The zero-order valence-corrected chi connectivity index (χ0v) is 13.0. The van der Waals surface area contributed by atoms with Crippen molar-refractivity contribution in [3.8, 4) is 0 Å². The number of benzene rings is 2. The summed E-state index contributed by atoms with van der Waals surface area (Å²) in [5.74, 6) is -0.691. The Bertz CT molecular complexity index is 581. The zero-order valence-electron chi connectivity index (χ0n) is 9.29. The average molecular weight is 419 g/mol. The Morgan fingerprint density at radius 2 is 1.83 bits per heavy atom. The fourth-order valence-corrected chi connectivity index (χ4v) is 2.31. The molecule has 2 rings (SSSR count). The summed E-state index contributed by atoms with van der Waals surface area (Å²) in [6.45, 7) is 0. The van der Waals surface area contributed by atoms with E-state index in [1.54, 1.807) is 6.07 Å². The van der Waals surface area contributed by atoms with Gasteiger partial charge in [-0.2, -0.15) is 0 Å². The van der Waals surface area contributed by atoms with Gasteiger partial charge in [-0.05, 0) is 58.5 Å². The van der Waals surface area contributed by atoms with E-state index in [0.717, 1.165) is 9.13 Å². The average Bonchev–Trinajstić information content (AvgIpc) is 2.35. The summed E-state index contributed by atoms with van der Waals surface area (Å²) in [4.78, 5) is 12.0. The second kappa shape index (κ2) is 5.93. The lowest BCUT2D eigenvalue weighted by Crippen LogP contribution is -2.06. The van der Waals surface area contributed by atoms with Gasteiger partial charge in [0.2, 0.25) is 0 Å². The minimum atomic E-state index is -0.478. The Labute approximate surface area is 127 Å². The molecule has 0 amide bonds. The lowest BCUT2D eigenvalue weighted by molar-refractivity contribution is 0.0989. The second-order valence-corrected chi connectivity index (χ2v) is 6.01. The summed E-state index contributed by atoms with van der Waals surface area (Å²) in [5, 5.41) is 0. The van der Waals surface area contributed by atoms with Gasteiger partial charge in [0.05, 0.1) is 5.56 Å². The van der Waals surface area contributed by atoms with Crippen LogP contribution in [0.1, 0.15) is 15.9 Å². The van der Waals surface area contributed by atoms with Gasteiger partial charge in [-0.25, -0.2) is 4.39 Å². The van der Waals surface area contributed by atoms with Crippen LogP contribution in [0.25, 0.3) is 0 Å². The van der Waals surface area contributed by atoms with Crippen LogP contribution in [0.5, 0.6) is 0 Å². The number of hydrogen-bond donors (Lipinski definition) is 0. The van der Waals surface area contributed by atoms with E-state index in [4.69, 9.17) is 0 Å². The number of carbonyl (C=O) groups excluding carboxylic acids is 1. The van der Waals surface area contributed by atoms with Crippen LogP contribution in [0.15, 0.2) is 46.9 Å². The lowest BCUT2D eigenvalue weighted by Gasteiger charge is -2.04. The highest BCUT2D eigenvalue weighted by Gasteiger charge is 2.12. The van der Waals surface area contributed by atoms with Crippen LogP contribution in [0.4, 0.5) is 4.39 Å². The van der Waals surface area contributed by atoms with Gasteiger partial charge < -0.3 is 0 Å². The number of hydrogen-bond acceptors (Lipinski definition) is 1. The van der Waals surface area contributed by atoms with Gasteiger partial charge in [0.25, 0.3) is 0 Å². The van der Waals surface area contributed by atoms with Crippen LogP contribution in [-0.2, 0) is 6.42 Å². The van der Waals surface area contributed by atoms with Crippen LogP contribution in [0.3, 0.4) is 0 Å². The third-order valence-electron chi connectivity index (χ3n) is 2.51. The van der Waals surface area contributed by atoms with Crippen molar-refractivity contribution in [1.29, 1.82) is 0 Å². The summed E-state index contributed by atoms with van der Waals surface area (Å²) in [5.41, 5.74) is 1.02. The van der Waals surface area contributed by atoms with Crippen LogP contribution in [0, 0.1) is 9.39 Å². The topological polar surface area (TPSA) is 17.1 Å². The monoisotopic (exact) mass is 418 g/mol. The predicted molar refractivity (Wildman–Crippen MR) is 81.3 cm³/mol. The molecule has 0 atom stereocenters. The van der Waals surface area contributed by atoms with E-state index in [1.165, 1.54) is 12.1 Å². The van der Waals surface area contributed by atoms with Crippen molar-refractivity contribution >= 4 is 44.3 Å². The first-order chi connectivity index (χ1) is 8.56. The molecule has 1 nitrogen and oxygen atoms in total. The maximum Gasteiger partial charge on any atom is 0.170 e. The number of rotatable bonds is 3. The molecule has 18 heavy (non-hydrogen) atoms. The second-order valence-electron chi connectivity index (χ2n) is 3.85. The summed E-state index contributed by atoms with van der Waals surface area (Å²) in [6.07, 6.45) is 0.213. The molecule has 0 spiro atoms. The molecule has 92 valence electrons. The minimum Gasteiger partial charge on any atom is -0.294 e. The largest absolute Gasteiger partial charge is 0.294 e. The quantitative estimate of drug-likeness (QED) is 0.525. The Morgan fingerprint density at radius 1 is 1.17 bits per heavy atom. The maximum absolute atomic E-state index is 13.5. The first-order valence-electron chi connectivity index (χ1n) is 5.29. The molecule has 0 aliphatic rings. The van der Waals surface area contributed by atoms with Crippen LogP contribution in [0.2, 0.25) is 0 Å². The van der Waals surface area contributed by atoms with Gasteiger partial charge in [-0.15, -0.1) is 0 Å². The van der Waals surface area contributed by atoms with Crippen molar-refractivity contribution in [2.45, 2.75) is 6.42 Å². The Hall–Kier alpha value is -0.750. The number of carbonyl (C=O) groups is 1. The van der Waals surface area contributed by atoms with Gasteiger partial charge in [0, 0.05) is 14.5 Å². The molecule has 0 aliphatic heterocycles. The lowest BCUT2D eigenvalue weighted by atomic mass is 10.0. The minimum absolute atomic E-state index is 0.128. The predicted octanol–water partition coefficient (Wildman–Crippen LogP) is 4.62. The molecule has 0 bridgehead atoms. The standard InChI is InChI=1S/C14H9BrFIO/c15-10-3-6-13(16)12(8-10)14(18)7-9-1-4-11(17)5-2-9/h1-6,8H,7H2. The summed E-state index contributed by atoms with van der Waals surface area (Å²) in [6, 6.07) is 12.0. The molecule has 0 radical (unpaired) electrons. The SMILES string of the molecule is O=C(Cc1ccc(I)cc1)c1cc(Br)ccc1F. The van der Waals surface area contributed by atoms with E-state index >= 15 is 0 Å². The highest BCUT2D eigenvalue weighted by atomic mass is 127. The van der Waals surface area contributed by atoms with E-state index in [1.807, 2.05) is 24.3 Å². The van der Waals surface area contributed by atoms with E-state index in [2.05, 4.69) is 38.5 Å². The first kappa shape index (κ1) is 13.7. The molecule has 0 aromatic heterocycles. The van der Waals surface area contributed by atoms with Gasteiger partial charge in [0.15, 0.2) is 5.78 Å². The van der Waals surface area contributed by atoms with Crippen LogP contribution >= 0.6 is 38.5 Å². The zero-order chi connectivity index (χ0) is 13.1. The summed E-state index contributed by atoms with van der Waals surface area (Å²) >= 11 is 5.44. The fourth-order valence-electron chi connectivity index (χ4n) is 1.59. The number of halogens is 3. The molecule has 4 heteroatoms. The fraction of sp³-hybridized carbons (Fsp3) is 0.0714. The van der Waals surface area contributed by atoms with Crippen LogP contribution in [-0.4, -0.2) is 5.78 Å². The molecule has 0 saturated carbocycles. The highest BCUT2D eigenvalue weighted by Crippen LogP contribution is 2.18. The molecular weight excluding hydrogens is 410 g/mol. The molecule has 0 aliphatic carbocycles. The van der Waals surface area contributed by atoms with E-state index in [9.17, 15) is 9.18 Å². The molecule has 0 fully saturated rings.